The number of hydrogen-bond donors (Lipinski definition) is 0. The van der Waals surface area contributed by atoms with Crippen LogP contribution in [0.25, 0.3) is 16.5 Å². The molecular formula is C18H19BrN2OS. The van der Waals surface area contributed by atoms with Gasteiger partial charge in [-0.05, 0) is 43.0 Å². The van der Waals surface area contributed by atoms with Crippen molar-refractivity contribution in [1.29, 1.82) is 0 Å². The van der Waals surface area contributed by atoms with E-state index in [0.717, 1.165) is 35.5 Å². The summed E-state index contributed by atoms with van der Waals surface area (Å²) in [4.78, 5) is 18.7. The lowest BCUT2D eigenvalue weighted by Crippen LogP contribution is -2.46. The van der Waals surface area contributed by atoms with Crippen LogP contribution in [0.5, 0.6) is 0 Å². The van der Waals surface area contributed by atoms with Gasteiger partial charge in [0, 0.05) is 46.5 Å². The maximum absolute atomic E-state index is 12.2. The van der Waals surface area contributed by atoms with E-state index in [9.17, 15) is 4.79 Å². The number of carbonyl (C=O) groups is 1. The van der Waals surface area contributed by atoms with Crippen LogP contribution in [0.1, 0.15) is 4.88 Å². The maximum Gasteiger partial charge on any atom is 0.246 e. The first kappa shape index (κ1) is 16.4. The van der Waals surface area contributed by atoms with Gasteiger partial charge in [0.1, 0.15) is 0 Å². The fourth-order valence-electron chi connectivity index (χ4n) is 2.50. The first-order valence-corrected chi connectivity index (χ1v) is 9.24. The average molecular weight is 391 g/mol. The van der Waals surface area contributed by atoms with Crippen molar-refractivity contribution in [3.05, 3.63) is 51.8 Å². The SMILES string of the molecule is CN1CCN(C(=O)C=Cc2ccc(-c3ccc(Br)cc3)s2)CC1. The average Bonchev–Trinajstić information content (AvgIpc) is 3.03. The van der Waals surface area contributed by atoms with Crippen LogP contribution in [0, 0.1) is 0 Å². The molecule has 0 spiro atoms. The molecule has 0 saturated carbocycles. The highest BCUT2D eigenvalue weighted by molar-refractivity contribution is 9.10. The van der Waals surface area contributed by atoms with Crippen LogP contribution in [-0.4, -0.2) is 48.9 Å². The lowest BCUT2D eigenvalue weighted by atomic mass is 10.2. The lowest BCUT2D eigenvalue weighted by Gasteiger charge is -2.31. The molecule has 3 rings (SSSR count). The molecule has 1 aliphatic rings. The number of amides is 1. The van der Waals surface area contributed by atoms with Crippen LogP contribution in [0.2, 0.25) is 0 Å². The standard InChI is InChI=1S/C18H19BrN2OS/c1-20-10-12-21(13-11-20)18(22)9-7-16-6-8-17(23-16)14-2-4-15(19)5-3-14/h2-9H,10-13H2,1H3. The molecule has 2 aromatic rings. The topological polar surface area (TPSA) is 23.6 Å². The van der Waals surface area contributed by atoms with Crippen LogP contribution in [0.3, 0.4) is 0 Å². The molecule has 1 fully saturated rings. The molecule has 0 unspecified atom stereocenters. The molecular weight excluding hydrogens is 372 g/mol. The van der Waals surface area contributed by atoms with E-state index >= 15 is 0 Å². The fraction of sp³-hybridized carbons (Fsp3) is 0.278. The largest absolute Gasteiger partial charge is 0.337 e. The predicted molar refractivity (Wildman–Crippen MR) is 101 cm³/mol. The molecule has 23 heavy (non-hydrogen) atoms. The number of rotatable bonds is 3. The summed E-state index contributed by atoms with van der Waals surface area (Å²) in [5.74, 6) is 0.108. The Morgan fingerprint density at radius 1 is 1.09 bits per heavy atom. The Bertz CT molecular complexity index is 700. The van der Waals surface area contributed by atoms with Crippen LogP contribution in [-0.2, 0) is 4.79 Å². The first-order chi connectivity index (χ1) is 11.1. The normalized spacial score (nSPS) is 16.2. The van der Waals surface area contributed by atoms with Crippen molar-refractivity contribution in [3.8, 4) is 10.4 Å². The van der Waals surface area contributed by atoms with Crippen molar-refractivity contribution in [2.24, 2.45) is 0 Å². The Hall–Kier alpha value is -1.43. The first-order valence-electron chi connectivity index (χ1n) is 7.63. The molecule has 2 heterocycles. The molecule has 0 atom stereocenters. The second-order valence-corrected chi connectivity index (χ2v) is 7.70. The number of benzene rings is 1. The van der Waals surface area contributed by atoms with Gasteiger partial charge in [-0.2, -0.15) is 0 Å². The van der Waals surface area contributed by atoms with Crippen molar-refractivity contribution in [3.63, 3.8) is 0 Å². The summed E-state index contributed by atoms with van der Waals surface area (Å²) in [7, 11) is 2.09. The summed E-state index contributed by atoms with van der Waals surface area (Å²) < 4.78 is 1.08. The third kappa shape index (κ3) is 4.31. The van der Waals surface area contributed by atoms with Crippen molar-refractivity contribution >= 4 is 39.2 Å². The summed E-state index contributed by atoms with van der Waals surface area (Å²) >= 11 is 5.15. The zero-order valence-corrected chi connectivity index (χ0v) is 15.4. The zero-order valence-electron chi connectivity index (χ0n) is 13.0. The van der Waals surface area contributed by atoms with Crippen LogP contribution in [0.15, 0.2) is 46.9 Å². The molecule has 1 aliphatic heterocycles. The van der Waals surface area contributed by atoms with Crippen LogP contribution >= 0.6 is 27.3 Å². The van der Waals surface area contributed by atoms with E-state index in [1.165, 1.54) is 10.4 Å². The van der Waals surface area contributed by atoms with E-state index in [4.69, 9.17) is 0 Å². The molecule has 0 radical (unpaired) electrons. The molecule has 5 heteroatoms. The Labute approximate surface area is 149 Å². The van der Waals surface area contributed by atoms with Gasteiger partial charge in [-0.25, -0.2) is 0 Å². The molecule has 0 N–H and O–H groups in total. The lowest BCUT2D eigenvalue weighted by molar-refractivity contribution is -0.127. The van der Waals surface area contributed by atoms with Crippen LogP contribution < -0.4 is 0 Å². The number of halogens is 1. The van der Waals surface area contributed by atoms with E-state index < -0.39 is 0 Å². The third-order valence-electron chi connectivity index (χ3n) is 3.96. The molecule has 1 aromatic heterocycles. The summed E-state index contributed by atoms with van der Waals surface area (Å²) in [5.41, 5.74) is 1.20. The Morgan fingerprint density at radius 2 is 1.78 bits per heavy atom. The minimum absolute atomic E-state index is 0.108. The van der Waals surface area contributed by atoms with Crippen molar-refractivity contribution in [2.45, 2.75) is 0 Å². The smallest absolute Gasteiger partial charge is 0.246 e. The number of carbonyl (C=O) groups excluding carboxylic acids is 1. The van der Waals surface area contributed by atoms with Gasteiger partial charge in [0.05, 0.1) is 0 Å². The highest BCUT2D eigenvalue weighted by Gasteiger charge is 2.16. The van der Waals surface area contributed by atoms with E-state index in [1.54, 1.807) is 17.4 Å². The van der Waals surface area contributed by atoms with Crippen molar-refractivity contribution in [1.82, 2.24) is 9.80 Å². The Morgan fingerprint density at radius 3 is 2.48 bits per heavy atom. The van der Waals surface area contributed by atoms with E-state index in [0.29, 0.717) is 0 Å². The quantitative estimate of drug-likeness (QED) is 0.740. The van der Waals surface area contributed by atoms with Crippen molar-refractivity contribution in [2.75, 3.05) is 33.2 Å². The highest BCUT2D eigenvalue weighted by Crippen LogP contribution is 2.29. The number of thiophene rings is 1. The predicted octanol–water partition coefficient (Wildman–Crippen LogP) is 3.96. The van der Waals surface area contributed by atoms with Gasteiger partial charge in [0.2, 0.25) is 5.91 Å². The maximum atomic E-state index is 12.2. The van der Waals surface area contributed by atoms with E-state index in [-0.39, 0.29) is 5.91 Å². The van der Waals surface area contributed by atoms with Gasteiger partial charge in [-0.3, -0.25) is 4.79 Å². The van der Waals surface area contributed by atoms with Gasteiger partial charge in [0.15, 0.2) is 0 Å². The van der Waals surface area contributed by atoms with Crippen molar-refractivity contribution < 1.29 is 4.79 Å². The number of hydrogen-bond acceptors (Lipinski definition) is 3. The highest BCUT2D eigenvalue weighted by atomic mass is 79.9. The minimum Gasteiger partial charge on any atom is -0.337 e. The van der Waals surface area contributed by atoms with Gasteiger partial charge >= 0.3 is 0 Å². The molecule has 1 aromatic carbocycles. The second kappa shape index (κ2) is 7.43. The summed E-state index contributed by atoms with van der Waals surface area (Å²) in [6.07, 6.45) is 3.62. The molecule has 120 valence electrons. The van der Waals surface area contributed by atoms with Gasteiger partial charge in [0.25, 0.3) is 0 Å². The third-order valence-corrected chi connectivity index (χ3v) is 5.59. The second-order valence-electron chi connectivity index (χ2n) is 5.67. The summed E-state index contributed by atoms with van der Waals surface area (Å²) in [6, 6.07) is 12.4. The van der Waals surface area contributed by atoms with Crippen LogP contribution in [0.4, 0.5) is 0 Å². The summed E-state index contributed by atoms with van der Waals surface area (Å²) in [5, 5.41) is 0. The van der Waals surface area contributed by atoms with Gasteiger partial charge in [-0.1, -0.05) is 28.1 Å². The van der Waals surface area contributed by atoms with E-state index in [1.807, 2.05) is 23.1 Å². The fourth-order valence-corrected chi connectivity index (χ4v) is 3.68. The van der Waals surface area contributed by atoms with E-state index in [2.05, 4.69) is 52.1 Å². The molecule has 1 saturated heterocycles. The Balaban J connectivity index is 1.64. The number of nitrogens with zero attached hydrogens (tertiary/aromatic N) is 2. The van der Waals surface area contributed by atoms with Gasteiger partial charge in [-0.15, -0.1) is 11.3 Å². The Kier molecular flexibility index (Phi) is 5.30. The molecule has 0 aliphatic carbocycles. The summed E-state index contributed by atoms with van der Waals surface area (Å²) in [6.45, 7) is 3.53. The zero-order chi connectivity index (χ0) is 16.2. The molecule has 3 nitrogen and oxygen atoms in total. The molecule has 1 amide bonds. The number of piperazine rings is 1. The van der Waals surface area contributed by atoms with Gasteiger partial charge < -0.3 is 9.80 Å². The monoisotopic (exact) mass is 390 g/mol. The number of likely N-dealkylation sites (N-methyl/N-ethyl adjacent to an activating group) is 1. The molecule has 0 bridgehead atoms. The minimum atomic E-state index is 0.108.